The van der Waals surface area contributed by atoms with Gasteiger partial charge in [0.2, 0.25) is 0 Å². The summed E-state index contributed by atoms with van der Waals surface area (Å²) in [5, 5.41) is 7.38. The van der Waals surface area contributed by atoms with E-state index in [-0.39, 0.29) is 71.0 Å². The molecule has 15 rings (SSSR count). The van der Waals surface area contributed by atoms with E-state index in [1.165, 1.54) is 33.4 Å². The van der Waals surface area contributed by atoms with Crippen LogP contribution in [-0.4, -0.2) is 110 Å². The van der Waals surface area contributed by atoms with E-state index >= 15 is 0 Å². The Morgan fingerprint density at radius 1 is 0.204 bits per heavy atom. The molecule has 0 atom stereocenters. The molecule has 0 bridgehead atoms. The van der Waals surface area contributed by atoms with Gasteiger partial charge in [0.05, 0.1) is 22.8 Å². The molecular formula is C88H92N12S8. The van der Waals surface area contributed by atoms with Crippen molar-refractivity contribution >= 4 is 94.1 Å². The molecule has 20 heteroatoms. The van der Waals surface area contributed by atoms with Gasteiger partial charge in [0, 0.05) is 107 Å². The summed E-state index contributed by atoms with van der Waals surface area (Å²) in [5.41, 5.74) is 17.0. The van der Waals surface area contributed by atoms with Gasteiger partial charge in [-0.3, -0.25) is 0 Å². The van der Waals surface area contributed by atoms with Crippen molar-refractivity contribution in [3.63, 3.8) is 0 Å². The molecule has 3 saturated carbocycles. The van der Waals surface area contributed by atoms with Crippen LogP contribution in [0.4, 0.5) is 0 Å². The lowest BCUT2D eigenvalue weighted by Crippen LogP contribution is -2.41. The van der Waals surface area contributed by atoms with Crippen molar-refractivity contribution in [1.82, 2.24) is 59.8 Å². The van der Waals surface area contributed by atoms with Gasteiger partial charge in [-0.05, 0) is 133 Å². The number of aromatic nitrogens is 12. The Morgan fingerprint density at radius 2 is 0.398 bits per heavy atom. The Hall–Kier alpha value is -7.40. The van der Waals surface area contributed by atoms with E-state index in [1.807, 2.05) is 25.0 Å². The lowest BCUT2D eigenvalue weighted by atomic mass is 9.50. The second-order valence-corrected chi connectivity index (χ2v) is 33.3. The average Bonchev–Trinajstić information content (AvgIpc) is 0.726. The molecule has 3 fully saturated rings. The van der Waals surface area contributed by atoms with Crippen molar-refractivity contribution in [2.75, 3.05) is 50.0 Å². The first kappa shape index (κ1) is 78.7. The minimum Gasteiger partial charge on any atom is -0.238 e. The lowest BCUT2D eigenvalue weighted by Gasteiger charge is -2.52. The molecule has 6 aromatic carbocycles. The summed E-state index contributed by atoms with van der Waals surface area (Å²) < 4.78 is 0. The summed E-state index contributed by atoms with van der Waals surface area (Å²) >= 11 is 13.1. The summed E-state index contributed by atoms with van der Waals surface area (Å²) in [6.45, 7) is 8.64. The molecule has 0 N–H and O–H groups in total. The fourth-order valence-corrected chi connectivity index (χ4v) is 19.8. The van der Waals surface area contributed by atoms with Crippen LogP contribution in [0.5, 0.6) is 0 Å². The summed E-state index contributed by atoms with van der Waals surface area (Å²) in [5.74, 6) is 4.78. The molecule has 0 amide bonds. The lowest BCUT2D eigenvalue weighted by molar-refractivity contribution is 0.217. The summed E-state index contributed by atoms with van der Waals surface area (Å²) in [6, 6.07) is 78.7. The van der Waals surface area contributed by atoms with Crippen LogP contribution in [0.25, 0.3) is 0 Å². The number of rotatable bonds is 24. The van der Waals surface area contributed by atoms with Crippen LogP contribution in [0.1, 0.15) is 189 Å². The second kappa shape index (κ2) is 37.5. The normalized spacial score (nSPS) is 21.2. The summed E-state index contributed by atoms with van der Waals surface area (Å²) in [4.78, 5) is 59.0. The first-order valence-corrected chi connectivity index (χ1v) is 46.7. The molecule has 108 heavy (non-hydrogen) atoms. The zero-order valence-electron chi connectivity index (χ0n) is 63.2. The topological polar surface area (TPSA) is 155 Å². The Bertz CT molecular complexity index is 3970. The molecular weight excluding hydrogens is 1480 g/mol. The molecule has 552 valence electrons. The third-order valence-corrected chi connectivity index (χ3v) is 25.9. The van der Waals surface area contributed by atoms with E-state index in [2.05, 4.69) is 271 Å². The highest BCUT2D eigenvalue weighted by atomic mass is 32.2. The Kier molecular flexibility index (Phi) is 27.4. The summed E-state index contributed by atoms with van der Waals surface area (Å²) in [7, 11) is 0. The van der Waals surface area contributed by atoms with E-state index in [1.54, 1.807) is 94.1 Å². The number of benzene rings is 6. The molecule has 6 aromatic heterocycles. The van der Waals surface area contributed by atoms with Crippen molar-refractivity contribution in [3.8, 4) is 0 Å². The smallest absolute Gasteiger partial charge is 0.188 e. The fourth-order valence-electron chi connectivity index (χ4n) is 16.3. The highest BCUT2D eigenvalue weighted by Crippen LogP contribution is 2.69. The Labute approximate surface area is 672 Å². The van der Waals surface area contributed by atoms with Gasteiger partial charge in [0.15, 0.2) is 20.6 Å². The largest absolute Gasteiger partial charge is 0.238 e. The molecule has 12 aromatic rings. The standard InChI is InChI=1S/C32H36N4.2C28H28N4S4/c1-5-23-19-25(35-27(7-3)33-23)31-29(21-15-11-9-12-16-21)32(30(31)22-17-13-10-14-18-22)26-20-24(6-2)34-28(8-4)36-26;2*1-33-21-15-19(29-27(31-21)35-3)25-23(17-11-7-5-8-12-17)26(24(25)18-13-9-6-10-14-18)20-16-22(34-2)32-28(30-20)36-4/h9-20,29-32H,5-8H2,1-4H3;2*5-16,23-26H,1-4H3. The van der Waals surface area contributed by atoms with Gasteiger partial charge in [0.25, 0.3) is 0 Å². The number of nitrogens with zero attached hydrogens (tertiary/aromatic N) is 12. The maximum atomic E-state index is 5.13. The quantitative estimate of drug-likeness (QED) is 0.0320. The van der Waals surface area contributed by atoms with E-state index < -0.39 is 0 Å². The molecule has 0 saturated heterocycles. The van der Waals surface area contributed by atoms with Gasteiger partial charge in [-0.1, -0.05) is 257 Å². The zero-order valence-corrected chi connectivity index (χ0v) is 69.7. The Balaban J connectivity index is 0.000000143. The highest BCUT2D eigenvalue weighted by Gasteiger charge is 2.57. The number of aryl methyl sites for hydroxylation is 4. The molecule has 6 heterocycles. The first-order valence-electron chi connectivity index (χ1n) is 36.9. The van der Waals surface area contributed by atoms with Crippen LogP contribution in [0.15, 0.2) is 259 Å². The van der Waals surface area contributed by atoms with Gasteiger partial charge in [-0.25, -0.2) is 59.8 Å². The van der Waals surface area contributed by atoms with Gasteiger partial charge < -0.3 is 0 Å². The van der Waals surface area contributed by atoms with Crippen LogP contribution >= 0.6 is 94.1 Å². The molecule has 3 aliphatic rings. The average molecular weight is 1570 g/mol. The predicted octanol–water partition coefficient (Wildman–Crippen LogP) is 22.2. The third kappa shape index (κ3) is 17.4. The Morgan fingerprint density at radius 3 is 0.565 bits per heavy atom. The molecule has 0 unspecified atom stereocenters. The number of hydrogen-bond donors (Lipinski definition) is 0. The van der Waals surface area contributed by atoms with Crippen molar-refractivity contribution < 1.29 is 0 Å². The van der Waals surface area contributed by atoms with Crippen molar-refractivity contribution in [3.05, 3.63) is 309 Å². The van der Waals surface area contributed by atoms with Gasteiger partial charge >= 0.3 is 0 Å². The third-order valence-electron chi connectivity index (χ3n) is 21.2. The van der Waals surface area contributed by atoms with Gasteiger partial charge in [0.1, 0.15) is 31.8 Å². The predicted molar refractivity (Wildman–Crippen MR) is 455 cm³/mol. The maximum absolute atomic E-state index is 5.13. The monoisotopic (exact) mass is 1570 g/mol. The summed E-state index contributed by atoms with van der Waals surface area (Å²) in [6.07, 6.45) is 20.0. The van der Waals surface area contributed by atoms with Crippen LogP contribution in [0, 0.1) is 0 Å². The van der Waals surface area contributed by atoms with E-state index in [9.17, 15) is 0 Å². The highest BCUT2D eigenvalue weighted by molar-refractivity contribution is 8.00. The van der Waals surface area contributed by atoms with Gasteiger partial charge in [-0.15, -0.1) is 47.0 Å². The molecule has 0 spiro atoms. The van der Waals surface area contributed by atoms with E-state index in [0.717, 1.165) is 124 Å². The van der Waals surface area contributed by atoms with Crippen molar-refractivity contribution in [2.45, 2.75) is 165 Å². The molecule has 0 aliphatic heterocycles. The van der Waals surface area contributed by atoms with Gasteiger partial charge in [-0.2, -0.15) is 0 Å². The zero-order chi connectivity index (χ0) is 75.2. The minimum atomic E-state index is 0.213. The molecule has 3 aliphatic carbocycles. The number of hydrogen-bond acceptors (Lipinski definition) is 20. The first-order chi connectivity index (χ1) is 53.0. The maximum Gasteiger partial charge on any atom is 0.188 e. The molecule has 12 nitrogen and oxygen atoms in total. The van der Waals surface area contributed by atoms with Crippen LogP contribution in [-0.2, 0) is 25.7 Å². The molecule has 0 radical (unpaired) electrons. The second-order valence-electron chi connectivity index (χ2n) is 26.9. The van der Waals surface area contributed by atoms with Crippen LogP contribution in [0.3, 0.4) is 0 Å². The van der Waals surface area contributed by atoms with Crippen LogP contribution in [0.2, 0.25) is 0 Å². The SMILES string of the molecule is CCc1cc(C2C(c3ccccc3)C(c3cc(CC)nc(CC)n3)C2c2ccccc2)nc(CC)n1.CSc1cc(C2C(c3ccccc3)C(c3cc(SC)nc(SC)n3)C2c2ccccc2)nc(SC)n1.CSc1cc(C2C(c3ccccc3)C(c3cc(SC)nc(SC)n3)C2c2ccccc2)nc(SC)n1. The van der Waals surface area contributed by atoms with Crippen molar-refractivity contribution in [2.24, 2.45) is 0 Å². The van der Waals surface area contributed by atoms with E-state index in [0.29, 0.717) is 0 Å². The minimum absolute atomic E-state index is 0.213. The number of thioether (sulfide) groups is 8. The van der Waals surface area contributed by atoms with E-state index in [4.69, 9.17) is 59.8 Å². The van der Waals surface area contributed by atoms with Crippen LogP contribution < -0.4 is 0 Å². The van der Waals surface area contributed by atoms with Crippen molar-refractivity contribution in [1.29, 1.82) is 0 Å². The fraction of sp³-hybridized carbons (Fsp3) is 0.318.